The first-order valence-corrected chi connectivity index (χ1v) is 3.55. The van der Waals surface area contributed by atoms with E-state index in [2.05, 4.69) is 0 Å². The number of hydrogen-bond acceptors (Lipinski definition) is 2. The number of ether oxygens (including phenoxy) is 2. The van der Waals surface area contributed by atoms with E-state index in [1.54, 1.807) is 18.2 Å². The van der Waals surface area contributed by atoms with Gasteiger partial charge in [0.15, 0.2) is 11.5 Å². The first-order valence-electron chi connectivity index (χ1n) is 3.55. The second-order valence-electron chi connectivity index (χ2n) is 2.52. The second kappa shape index (κ2) is 2.41. The monoisotopic (exact) mass is 165 g/mol. The zero-order valence-electron chi connectivity index (χ0n) is 6.41. The van der Waals surface area contributed by atoms with Crippen molar-refractivity contribution in [1.29, 1.82) is 0 Å². The van der Waals surface area contributed by atoms with Crippen molar-refractivity contribution in [3.8, 4) is 11.5 Å². The van der Waals surface area contributed by atoms with Crippen LogP contribution in [-0.4, -0.2) is 12.6 Å². The van der Waals surface area contributed by atoms with E-state index in [0.717, 1.165) is 11.3 Å². The Morgan fingerprint density at radius 2 is 2.08 bits per heavy atom. The van der Waals surface area contributed by atoms with Crippen molar-refractivity contribution in [2.24, 2.45) is 5.73 Å². The van der Waals surface area contributed by atoms with Crippen LogP contribution in [0.3, 0.4) is 0 Å². The lowest BCUT2D eigenvalue weighted by atomic mass is 10.2. The van der Waals surface area contributed by atoms with Gasteiger partial charge in [-0.2, -0.15) is 0 Å². The number of benzene rings is 1. The Labute approximate surface area is 69.4 Å². The molecule has 0 radical (unpaired) electrons. The maximum atomic E-state index is 5.41. The number of nitrogens with two attached hydrogens (primary N) is 2. The first kappa shape index (κ1) is 6.97. The Kier molecular flexibility index (Phi) is 1.40. The van der Waals surface area contributed by atoms with Gasteiger partial charge in [-0.3, -0.25) is 11.1 Å². The van der Waals surface area contributed by atoms with Crippen LogP contribution in [0.1, 0.15) is 5.56 Å². The summed E-state index contributed by atoms with van der Waals surface area (Å²) >= 11 is 0. The van der Waals surface area contributed by atoms with Gasteiger partial charge in [0.2, 0.25) is 6.79 Å². The van der Waals surface area contributed by atoms with Gasteiger partial charge in [0.1, 0.15) is 0 Å². The van der Waals surface area contributed by atoms with Crippen LogP contribution < -0.4 is 20.6 Å². The highest BCUT2D eigenvalue weighted by molar-refractivity contribution is 5.93. The Balaban J connectivity index is 2.45. The van der Waals surface area contributed by atoms with Gasteiger partial charge >= 0.3 is 0 Å². The van der Waals surface area contributed by atoms with Crippen molar-refractivity contribution in [1.82, 2.24) is 0 Å². The number of fused-ring (bicyclic) bond motifs is 1. The molecule has 0 spiro atoms. The second-order valence-corrected chi connectivity index (χ2v) is 2.52. The lowest BCUT2D eigenvalue weighted by molar-refractivity contribution is -0.114. The highest BCUT2D eigenvalue weighted by atomic mass is 16.7. The SMILES string of the molecule is NC(=[NH2+])c1ccc2c(c1)OCO2. The molecule has 2 rings (SSSR count). The molecule has 1 aliphatic rings. The fourth-order valence-electron chi connectivity index (χ4n) is 1.08. The van der Waals surface area contributed by atoms with Crippen molar-refractivity contribution >= 4 is 5.84 Å². The third-order valence-corrected chi connectivity index (χ3v) is 1.71. The standard InChI is InChI=1S/C8H8N2O2/c9-8(10)5-1-2-6-7(3-5)12-4-11-6/h1-3H,4H2,(H3,9,10)/p+1. The fraction of sp³-hybridized carbons (Fsp3) is 0.125. The van der Waals surface area contributed by atoms with E-state index >= 15 is 0 Å². The van der Waals surface area contributed by atoms with Crippen molar-refractivity contribution in [2.75, 3.05) is 6.79 Å². The molecule has 12 heavy (non-hydrogen) atoms. The van der Waals surface area contributed by atoms with Crippen molar-refractivity contribution < 1.29 is 14.9 Å². The third kappa shape index (κ3) is 0.972. The van der Waals surface area contributed by atoms with Crippen molar-refractivity contribution in [2.45, 2.75) is 0 Å². The smallest absolute Gasteiger partial charge is 0.270 e. The van der Waals surface area contributed by atoms with E-state index in [4.69, 9.17) is 20.6 Å². The summed E-state index contributed by atoms with van der Waals surface area (Å²) in [7, 11) is 0. The highest BCUT2D eigenvalue weighted by Gasteiger charge is 2.14. The van der Waals surface area contributed by atoms with Crippen LogP contribution in [0.25, 0.3) is 0 Å². The minimum absolute atomic E-state index is 0.267. The predicted octanol–water partition coefficient (Wildman–Crippen LogP) is -1.12. The number of amidine groups is 1. The van der Waals surface area contributed by atoms with Gasteiger partial charge in [0.05, 0.1) is 5.56 Å². The van der Waals surface area contributed by atoms with Gasteiger partial charge < -0.3 is 9.47 Å². The summed E-state index contributed by atoms with van der Waals surface area (Å²) in [5.41, 5.74) is 6.17. The van der Waals surface area contributed by atoms with E-state index in [9.17, 15) is 0 Å². The van der Waals surface area contributed by atoms with Crippen LogP contribution in [-0.2, 0) is 0 Å². The van der Waals surface area contributed by atoms with Gasteiger partial charge in [-0.05, 0) is 18.2 Å². The summed E-state index contributed by atoms with van der Waals surface area (Å²) in [6.07, 6.45) is 0. The van der Waals surface area contributed by atoms with Crippen molar-refractivity contribution in [3.05, 3.63) is 23.8 Å². The molecule has 1 aliphatic heterocycles. The van der Waals surface area contributed by atoms with Crippen LogP contribution in [0.2, 0.25) is 0 Å². The van der Waals surface area contributed by atoms with E-state index in [-0.39, 0.29) is 12.6 Å². The van der Waals surface area contributed by atoms with E-state index in [0.29, 0.717) is 5.75 Å². The topological polar surface area (TPSA) is 70.1 Å². The minimum atomic E-state index is 0.267. The largest absolute Gasteiger partial charge is 0.454 e. The average molecular weight is 165 g/mol. The maximum absolute atomic E-state index is 5.41. The van der Waals surface area contributed by atoms with E-state index < -0.39 is 0 Å². The maximum Gasteiger partial charge on any atom is 0.270 e. The zero-order valence-corrected chi connectivity index (χ0v) is 6.41. The Morgan fingerprint density at radius 3 is 2.83 bits per heavy atom. The van der Waals surface area contributed by atoms with E-state index in [1.807, 2.05) is 0 Å². The molecular formula is C8H9N2O2+. The quantitative estimate of drug-likeness (QED) is 0.409. The minimum Gasteiger partial charge on any atom is -0.454 e. The van der Waals surface area contributed by atoms with Crippen LogP contribution in [0.5, 0.6) is 11.5 Å². The summed E-state index contributed by atoms with van der Waals surface area (Å²) in [6, 6.07) is 5.35. The average Bonchev–Trinajstić information content (AvgIpc) is 2.49. The summed E-state index contributed by atoms with van der Waals surface area (Å²) in [5.74, 6) is 1.72. The number of hydrogen-bond donors (Lipinski definition) is 2. The molecular weight excluding hydrogens is 156 g/mol. The zero-order chi connectivity index (χ0) is 8.55. The summed E-state index contributed by atoms with van der Waals surface area (Å²) in [5, 5.41) is 5.41. The molecule has 0 aromatic heterocycles. The Morgan fingerprint density at radius 1 is 1.33 bits per heavy atom. The van der Waals surface area contributed by atoms with Crippen LogP contribution in [0, 0.1) is 0 Å². The van der Waals surface area contributed by atoms with Crippen LogP contribution in [0.4, 0.5) is 0 Å². The van der Waals surface area contributed by atoms with Crippen LogP contribution >= 0.6 is 0 Å². The third-order valence-electron chi connectivity index (χ3n) is 1.71. The highest BCUT2D eigenvalue weighted by Crippen LogP contribution is 2.31. The molecule has 0 saturated heterocycles. The predicted molar refractivity (Wildman–Crippen MR) is 42.8 cm³/mol. The molecule has 0 unspecified atom stereocenters. The lowest BCUT2D eigenvalue weighted by Crippen LogP contribution is -2.46. The molecule has 0 fully saturated rings. The van der Waals surface area contributed by atoms with Gasteiger partial charge in [0, 0.05) is 0 Å². The summed E-state index contributed by atoms with van der Waals surface area (Å²) < 4.78 is 10.3. The Hall–Kier alpha value is -1.71. The number of rotatable bonds is 1. The van der Waals surface area contributed by atoms with Crippen molar-refractivity contribution in [3.63, 3.8) is 0 Å². The summed E-state index contributed by atoms with van der Waals surface area (Å²) in [4.78, 5) is 0. The molecule has 0 saturated carbocycles. The fourth-order valence-corrected chi connectivity index (χ4v) is 1.08. The normalized spacial score (nSPS) is 13.0. The molecule has 0 amide bonds. The van der Waals surface area contributed by atoms with Gasteiger partial charge in [-0.15, -0.1) is 0 Å². The van der Waals surface area contributed by atoms with Crippen LogP contribution in [0.15, 0.2) is 18.2 Å². The summed E-state index contributed by atoms with van der Waals surface area (Å²) in [6.45, 7) is 0.267. The molecule has 0 aliphatic carbocycles. The Bertz CT molecular complexity index is 336. The molecule has 4 nitrogen and oxygen atoms in total. The van der Waals surface area contributed by atoms with Gasteiger partial charge in [0.25, 0.3) is 5.84 Å². The molecule has 4 N–H and O–H groups in total. The molecule has 1 aromatic rings. The molecule has 4 heteroatoms. The van der Waals surface area contributed by atoms with E-state index in [1.165, 1.54) is 0 Å². The molecule has 1 aromatic carbocycles. The molecule has 0 bridgehead atoms. The molecule has 1 heterocycles. The lowest BCUT2D eigenvalue weighted by Gasteiger charge is -1.96. The van der Waals surface area contributed by atoms with Gasteiger partial charge in [-0.25, -0.2) is 0 Å². The first-order chi connectivity index (χ1) is 5.77. The molecule has 0 atom stereocenters. The van der Waals surface area contributed by atoms with Gasteiger partial charge in [-0.1, -0.05) is 0 Å². The molecule has 62 valence electrons.